The highest BCUT2D eigenvalue weighted by atomic mass is 16.5. The van der Waals surface area contributed by atoms with Crippen molar-refractivity contribution in [2.75, 3.05) is 5.32 Å². The molecule has 0 unspecified atom stereocenters. The van der Waals surface area contributed by atoms with E-state index >= 15 is 0 Å². The van der Waals surface area contributed by atoms with Crippen LogP contribution in [-0.4, -0.2) is 22.9 Å². The van der Waals surface area contributed by atoms with E-state index in [1.807, 2.05) is 41.5 Å². The van der Waals surface area contributed by atoms with Crippen molar-refractivity contribution in [1.29, 1.82) is 0 Å². The van der Waals surface area contributed by atoms with Gasteiger partial charge in [0.1, 0.15) is 17.0 Å². The zero-order valence-electron chi connectivity index (χ0n) is 15.1. The summed E-state index contributed by atoms with van der Waals surface area (Å²) in [6.45, 7) is 13.1. The third-order valence-electron chi connectivity index (χ3n) is 2.47. The first-order chi connectivity index (χ1) is 10.4. The zero-order chi connectivity index (χ0) is 17.8. The molecule has 0 aliphatic heterocycles. The predicted octanol–water partition coefficient (Wildman–Crippen LogP) is 3.96. The van der Waals surface area contributed by atoms with Gasteiger partial charge in [-0.3, -0.25) is 9.59 Å². The average Bonchev–Trinajstić information content (AvgIpc) is 2.27. The topological polar surface area (TPSA) is 64.6 Å². The van der Waals surface area contributed by atoms with Crippen molar-refractivity contribution in [3.8, 4) is 11.5 Å². The Morgan fingerprint density at radius 1 is 0.957 bits per heavy atom. The van der Waals surface area contributed by atoms with E-state index in [0.717, 1.165) is 0 Å². The molecular weight excluding hydrogens is 294 g/mol. The van der Waals surface area contributed by atoms with Crippen molar-refractivity contribution in [3.63, 3.8) is 0 Å². The molecule has 0 atom stereocenters. The number of hydrogen-bond acceptors (Lipinski definition) is 4. The summed E-state index contributed by atoms with van der Waals surface area (Å²) in [5.41, 5.74) is -0.204. The van der Waals surface area contributed by atoms with Gasteiger partial charge in [0.25, 0.3) is 0 Å². The first-order valence-corrected chi connectivity index (χ1v) is 7.67. The first kappa shape index (κ1) is 19.0. The highest BCUT2D eigenvalue weighted by Gasteiger charge is 2.20. The monoisotopic (exact) mass is 321 g/mol. The maximum Gasteiger partial charge on any atom is 0.231 e. The summed E-state index contributed by atoms with van der Waals surface area (Å²) in [4.78, 5) is 22.7. The highest BCUT2D eigenvalue weighted by Crippen LogP contribution is 2.35. The van der Waals surface area contributed by atoms with Gasteiger partial charge >= 0.3 is 0 Å². The minimum absolute atomic E-state index is 0.143. The fraction of sp³-hybridized carbons (Fsp3) is 0.556. The summed E-state index contributed by atoms with van der Waals surface area (Å²) in [5.74, 6) is 0.634. The minimum atomic E-state index is -0.405. The van der Waals surface area contributed by atoms with Crippen molar-refractivity contribution < 1.29 is 19.1 Å². The first-order valence-electron chi connectivity index (χ1n) is 7.67. The molecule has 5 nitrogen and oxygen atoms in total. The van der Waals surface area contributed by atoms with E-state index in [4.69, 9.17) is 9.47 Å². The molecule has 0 spiro atoms. The third-order valence-corrected chi connectivity index (χ3v) is 2.47. The lowest BCUT2D eigenvalue weighted by Crippen LogP contribution is -2.26. The van der Waals surface area contributed by atoms with E-state index in [-0.39, 0.29) is 23.7 Å². The summed E-state index contributed by atoms with van der Waals surface area (Å²) >= 11 is 0. The van der Waals surface area contributed by atoms with E-state index in [9.17, 15) is 9.59 Å². The number of nitrogens with one attached hydrogen (secondary N) is 1. The fourth-order valence-corrected chi connectivity index (χ4v) is 1.84. The number of benzene rings is 1. The zero-order valence-corrected chi connectivity index (χ0v) is 15.1. The standard InChI is InChI=1S/C18H27NO4/c1-12(20)10-16(21)19-13-8-9-14(22-17(2,3)4)15(11-13)23-18(5,6)7/h8-9,11H,10H2,1-7H3,(H,19,21). The van der Waals surface area contributed by atoms with Crippen molar-refractivity contribution in [3.05, 3.63) is 18.2 Å². The van der Waals surface area contributed by atoms with Crippen LogP contribution in [0.3, 0.4) is 0 Å². The number of ketones is 1. The van der Waals surface area contributed by atoms with Gasteiger partial charge in [0.2, 0.25) is 5.91 Å². The van der Waals surface area contributed by atoms with Crippen molar-refractivity contribution in [2.24, 2.45) is 0 Å². The van der Waals surface area contributed by atoms with Crippen LogP contribution in [0.2, 0.25) is 0 Å². The van der Waals surface area contributed by atoms with Crippen molar-refractivity contribution in [1.82, 2.24) is 0 Å². The van der Waals surface area contributed by atoms with E-state index in [2.05, 4.69) is 5.32 Å². The van der Waals surface area contributed by atoms with Crippen LogP contribution < -0.4 is 14.8 Å². The number of Topliss-reactive ketones (excluding diaryl/α,β-unsaturated/α-hetero) is 1. The Balaban J connectivity index is 3.06. The molecule has 0 saturated carbocycles. The van der Waals surface area contributed by atoms with Crippen LogP contribution in [0, 0.1) is 0 Å². The van der Waals surface area contributed by atoms with Crippen LogP contribution in [0.4, 0.5) is 5.69 Å². The number of ether oxygens (including phenoxy) is 2. The van der Waals surface area contributed by atoms with Gasteiger partial charge in [0.05, 0.1) is 6.42 Å². The Hall–Kier alpha value is -2.04. The summed E-state index contributed by atoms with van der Waals surface area (Å²) in [6, 6.07) is 5.20. The number of anilines is 1. The quantitative estimate of drug-likeness (QED) is 0.834. The predicted molar refractivity (Wildman–Crippen MR) is 91.1 cm³/mol. The molecule has 1 N–H and O–H groups in total. The fourth-order valence-electron chi connectivity index (χ4n) is 1.84. The molecule has 1 aromatic rings. The number of rotatable bonds is 5. The summed E-state index contributed by atoms with van der Waals surface area (Å²) in [5, 5.41) is 2.69. The largest absolute Gasteiger partial charge is 0.484 e. The molecular formula is C18H27NO4. The van der Waals surface area contributed by atoms with Crippen LogP contribution >= 0.6 is 0 Å². The molecule has 23 heavy (non-hydrogen) atoms. The second kappa shape index (κ2) is 7.02. The molecule has 0 saturated heterocycles. The smallest absolute Gasteiger partial charge is 0.231 e. The second-order valence-corrected chi connectivity index (χ2v) is 7.52. The van der Waals surface area contributed by atoms with Crippen molar-refractivity contribution in [2.45, 2.75) is 66.1 Å². The second-order valence-electron chi connectivity index (χ2n) is 7.52. The molecule has 0 aliphatic carbocycles. The SMILES string of the molecule is CC(=O)CC(=O)Nc1ccc(OC(C)(C)C)c(OC(C)(C)C)c1. The number of carbonyl (C=O) groups is 2. The summed E-state index contributed by atoms with van der Waals surface area (Å²) in [7, 11) is 0. The van der Waals surface area contributed by atoms with Crippen LogP contribution in [0.5, 0.6) is 11.5 Å². The van der Waals surface area contributed by atoms with Gasteiger partial charge in [-0.25, -0.2) is 0 Å². The maximum atomic E-state index is 11.7. The average molecular weight is 321 g/mol. The molecule has 0 fully saturated rings. The lowest BCUT2D eigenvalue weighted by atomic mass is 10.1. The maximum absolute atomic E-state index is 11.7. The molecule has 0 aliphatic rings. The van der Waals surface area contributed by atoms with Gasteiger partial charge < -0.3 is 14.8 Å². The summed E-state index contributed by atoms with van der Waals surface area (Å²) < 4.78 is 11.9. The molecule has 0 aromatic heterocycles. The molecule has 1 amide bonds. The van der Waals surface area contributed by atoms with Crippen molar-refractivity contribution >= 4 is 17.4 Å². The Morgan fingerprint density at radius 3 is 1.96 bits per heavy atom. The van der Waals surface area contributed by atoms with Gasteiger partial charge in [-0.05, 0) is 60.6 Å². The normalized spacial score (nSPS) is 11.8. The van der Waals surface area contributed by atoms with E-state index in [0.29, 0.717) is 17.2 Å². The minimum Gasteiger partial charge on any atom is -0.484 e. The molecule has 1 aromatic carbocycles. The lowest BCUT2D eigenvalue weighted by molar-refractivity contribution is -0.124. The Morgan fingerprint density at radius 2 is 1.48 bits per heavy atom. The molecule has 0 heterocycles. The van der Waals surface area contributed by atoms with Crippen LogP contribution in [0.25, 0.3) is 0 Å². The lowest BCUT2D eigenvalue weighted by Gasteiger charge is -2.27. The van der Waals surface area contributed by atoms with Gasteiger partial charge in [-0.2, -0.15) is 0 Å². The summed E-state index contributed by atoms with van der Waals surface area (Å²) in [6.07, 6.45) is -0.143. The Labute approximate surface area is 138 Å². The molecule has 1 rings (SSSR count). The number of amides is 1. The highest BCUT2D eigenvalue weighted by molar-refractivity contribution is 6.03. The molecule has 0 radical (unpaired) electrons. The molecule has 5 heteroatoms. The van der Waals surface area contributed by atoms with Gasteiger partial charge in [-0.1, -0.05) is 0 Å². The molecule has 0 bridgehead atoms. The van der Waals surface area contributed by atoms with Gasteiger partial charge in [0.15, 0.2) is 11.5 Å². The number of carbonyl (C=O) groups excluding carboxylic acids is 2. The van der Waals surface area contributed by atoms with E-state index in [1.54, 1.807) is 18.2 Å². The Kier molecular flexibility index (Phi) is 5.81. The van der Waals surface area contributed by atoms with Crippen LogP contribution in [0.1, 0.15) is 54.9 Å². The third kappa shape index (κ3) is 7.68. The van der Waals surface area contributed by atoms with Crippen LogP contribution in [0.15, 0.2) is 18.2 Å². The van der Waals surface area contributed by atoms with Gasteiger partial charge in [-0.15, -0.1) is 0 Å². The Bertz CT molecular complexity index is 580. The van der Waals surface area contributed by atoms with Gasteiger partial charge in [0, 0.05) is 11.8 Å². The van der Waals surface area contributed by atoms with Crippen LogP contribution in [-0.2, 0) is 9.59 Å². The molecule has 128 valence electrons. The number of hydrogen-bond donors (Lipinski definition) is 1. The van der Waals surface area contributed by atoms with E-state index in [1.165, 1.54) is 6.92 Å². The van der Waals surface area contributed by atoms with E-state index < -0.39 is 5.60 Å².